The van der Waals surface area contributed by atoms with Gasteiger partial charge in [-0.3, -0.25) is 9.19 Å². The molecular formula is C13H17NO2S. The van der Waals surface area contributed by atoms with Gasteiger partial charge in [-0.25, -0.2) is 0 Å². The molecule has 2 fully saturated rings. The van der Waals surface area contributed by atoms with E-state index >= 15 is 0 Å². The van der Waals surface area contributed by atoms with Crippen molar-refractivity contribution in [2.45, 2.75) is 48.7 Å². The summed E-state index contributed by atoms with van der Waals surface area (Å²) in [5.41, 5.74) is 1.08. The molecule has 0 radical (unpaired) electrons. The second-order valence-electron chi connectivity index (χ2n) is 5.28. The zero-order valence-electron chi connectivity index (χ0n) is 9.93. The lowest BCUT2D eigenvalue weighted by Crippen LogP contribution is -2.40. The third kappa shape index (κ3) is 1.83. The molecule has 0 aromatic carbocycles. The van der Waals surface area contributed by atoms with Crippen LogP contribution in [0.4, 0.5) is 0 Å². The van der Waals surface area contributed by atoms with Crippen LogP contribution in [0.3, 0.4) is 0 Å². The Bertz CT molecular complexity index is 458. The van der Waals surface area contributed by atoms with Crippen LogP contribution in [-0.2, 0) is 16.4 Å². The van der Waals surface area contributed by atoms with E-state index in [1.54, 1.807) is 6.20 Å². The molecule has 0 amide bonds. The minimum Gasteiger partial charge on any atom is -0.385 e. The maximum atomic E-state index is 12.0. The van der Waals surface area contributed by atoms with Gasteiger partial charge < -0.3 is 5.11 Å². The maximum absolute atomic E-state index is 12.0. The molecule has 0 saturated carbocycles. The number of hydrogen-bond acceptors (Lipinski definition) is 3. The number of rotatable bonds is 1. The summed E-state index contributed by atoms with van der Waals surface area (Å²) in [7, 11) is -0.720. The van der Waals surface area contributed by atoms with Crippen molar-refractivity contribution in [2.24, 2.45) is 0 Å². The normalized spacial score (nSPS) is 40.5. The third-order valence-electron chi connectivity index (χ3n) is 4.03. The molecule has 3 nitrogen and oxygen atoms in total. The SMILES string of the molecule is Cc1cc(C2(O)CC3CCC(C2)S3=O)ccn1. The Kier molecular flexibility index (Phi) is 2.60. The second-order valence-corrected chi connectivity index (χ2v) is 7.27. The van der Waals surface area contributed by atoms with Gasteiger partial charge in [0.05, 0.1) is 5.60 Å². The molecule has 1 aromatic heterocycles. The lowest BCUT2D eigenvalue weighted by atomic mass is 9.86. The van der Waals surface area contributed by atoms with Gasteiger partial charge in [0.25, 0.3) is 0 Å². The molecule has 2 bridgehead atoms. The molecule has 2 unspecified atom stereocenters. The predicted molar refractivity (Wildman–Crippen MR) is 67.1 cm³/mol. The standard InChI is InChI=1S/C13H17NO2S/c1-9-6-10(4-5-14-9)13(15)7-11-2-3-12(8-13)17(11)16/h4-6,11-12,15H,2-3,7-8H2,1H3. The van der Waals surface area contributed by atoms with Crippen LogP contribution in [0.5, 0.6) is 0 Å². The van der Waals surface area contributed by atoms with Gasteiger partial charge in [-0.2, -0.15) is 0 Å². The lowest BCUT2D eigenvalue weighted by molar-refractivity contribution is 0.0183. The molecule has 1 N–H and O–H groups in total. The minimum atomic E-state index is -0.784. The molecule has 2 aliphatic rings. The van der Waals surface area contributed by atoms with Crippen molar-refractivity contribution in [3.63, 3.8) is 0 Å². The summed E-state index contributed by atoms with van der Waals surface area (Å²) in [5, 5.41) is 11.2. The Morgan fingerprint density at radius 2 is 2.06 bits per heavy atom. The summed E-state index contributed by atoms with van der Waals surface area (Å²) in [4.78, 5) is 4.16. The Labute approximate surface area is 104 Å². The van der Waals surface area contributed by atoms with Gasteiger partial charge in [-0.15, -0.1) is 0 Å². The fourth-order valence-corrected chi connectivity index (χ4v) is 5.31. The van der Waals surface area contributed by atoms with Crippen LogP contribution in [0.2, 0.25) is 0 Å². The van der Waals surface area contributed by atoms with Crippen LogP contribution >= 0.6 is 0 Å². The van der Waals surface area contributed by atoms with Gasteiger partial charge in [0.1, 0.15) is 0 Å². The molecule has 2 saturated heterocycles. The van der Waals surface area contributed by atoms with Crippen molar-refractivity contribution in [1.29, 1.82) is 0 Å². The van der Waals surface area contributed by atoms with Crippen molar-refractivity contribution in [3.8, 4) is 0 Å². The van der Waals surface area contributed by atoms with Gasteiger partial charge >= 0.3 is 0 Å². The van der Waals surface area contributed by atoms with E-state index < -0.39 is 16.4 Å². The van der Waals surface area contributed by atoms with Gasteiger partial charge in [-0.1, -0.05) is 0 Å². The van der Waals surface area contributed by atoms with E-state index in [0.717, 1.165) is 24.1 Å². The monoisotopic (exact) mass is 251 g/mol. The Morgan fingerprint density at radius 3 is 2.65 bits per heavy atom. The molecule has 3 heterocycles. The van der Waals surface area contributed by atoms with E-state index in [4.69, 9.17) is 0 Å². The van der Waals surface area contributed by atoms with Crippen LogP contribution < -0.4 is 0 Å². The number of fused-ring (bicyclic) bond motifs is 2. The number of aromatic nitrogens is 1. The van der Waals surface area contributed by atoms with Crippen LogP contribution in [-0.4, -0.2) is 24.8 Å². The smallest absolute Gasteiger partial charge is 0.0920 e. The first-order valence-corrected chi connectivity index (χ1v) is 7.41. The van der Waals surface area contributed by atoms with Crippen molar-refractivity contribution >= 4 is 10.8 Å². The van der Waals surface area contributed by atoms with E-state index in [2.05, 4.69) is 4.98 Å². The van der Waals surface area contributed by atoms with Crippen LogP contribution in [0, 0.1) is 6.92 Å². The van der Waals surface area contributed by atoms with Crippen molar-refractivity contribution in [3.05, 3.63) is 29.6 Å². The number of nitrogens with zero attached hydrogens (tertiary/aromatic N) is 1. The van der Waals surface area contributed by atoms with Crippen molar-refractivity contribution in [1.82, 2.24) is 4.98 Å². The summed E-state index contributed by atoms with van der Waals surface area (Å²) in [6.45, 7) is 1.93. The summed E-state index contributed by atoms with van der Waals surface area (Å²) in [6, 6.07) is 3.84. The maximum Gasteiger partial charge on any atom is 0.0920 e. The van der Waals surface area contributed by atoms with Crippen LogP contribution in [0.1, 0.15) is 36.9 Å². The van der Waals surface area contributed by atoms with Gasteiger partial charge in [0.2, 0.25) is 0 Å². The van der Waals surface area contributed by atoms with E-state index in [1.165, 1.54) is 0 Å². The topological polar surface area (TPSA) is 50.2 Å². The average Bonchev–Trinajstić information content (AvgIpc) is 2.53. The number of aryl methyl sites for hydroxylation is 1. The average molecular weight is 251 g/mol. The van der Waals surface area contributed by atoms with E-state index in [1.807, 2.05) is 19.1 Å². The van der Waals surface area contributed by atoms with E-state index in [-0.39, 0.29) is 10.5 Å². The molecule has 17 heavy (non-hydrogen) atoms. The highest BCUT2D eigenvalue weighted by atomic mass is 32.2. The largest absolute Gasteiger partial charge is 0.385 e. The highest BCUT2D eigenvalue weighted by molar-refractivity contribution is 7.86. The second kappa shape index (κ2) is 3.89. The van der Waals surface area contributed by atoms with Gasteiger partial charge in [-0.05, 0) is 50.3 Å². The van der Waals surface area contributed by atoms with E-state index in [0.29, 0.717) is 12.8 Å². The Morgan fingerprint density at radius 1 is 1.41 bits per heavy atom. The summed E-state index contributed by atoms with van der Waals surface area (Å²) >= 11 is 0. The Hall–Kier alpha value is -0.740. The molecule has 1 aromatic rings. The highest BCUT2D eigenvalue weighted by Crippen LogP contribution is 2.45. The van der Waals surface area contributed by atoms with Gasteiger partial charge in [0.15, 0.2) is 0 Å². The fourth-order valence-electron chi connectivity index (χ4n) is 3.15. The third-order valence-corrected chi connectivity index (χ3v) is 6.15. The van der Waals surface area contributed by atoms with Gasteiger partial charge in [0, 0.05) is 33.2 Å². The fraction of sp³-hybridized carbons (Fsp3) is 0.615. The molecule has 2 aliphatic heterocycles. The number of aliphatic hydroxyl groups is 1. The van der Waals surface area contributed by atoms with Crippen LogP contribution in [0.15, 0.2) is 18.3 Å². The van der Waals surface area contributed by atoms with Crippen molar-refractivity contribution in [2.75, 3.05) is 0 Å². The number of pyridine rings is 1. The zero-order chi connectivity index (χ0) is 12.0. The summed E-state index contributed by atoms with van der Waals surface area (Å²) in [6.07, 6.45) is 5.03. The van der Waals surface area contributed by atoms with Crippen LogP contribution in [0.25, 0.3) is 0 Å². The minimum absolute atomic E-state index is 0.187. The molecule has 92 valence electrons. The highest BCUT2D eigenvalue weighted by Gasteiger charge is 2.48. The molecule has 2 atom stereocenters. The number of hydrogen-bond donors (Lipinski definition) is 1. The first kappa shape index (κ1) is 11.4. The predicted octanol–water partition coefficient (Wildman–Crippen LogP) is 1.65. The Balaban J connectivity index is 1.95. The molecule has 0 spiro atoms. The van der Waals surface area contributed by atoms with Crippen molar-refractivity contribution < 1.29 is 9.32 Å². The summed E-state index contributed by atoms with van der Waals surface area (Å²) in [5.74, 6) is 0. The van der Waals surface area contributed by atoms with E-state index in [9.17, 15) is 9.32 Å². The first-order chi connectivity index (χ1) is 8.08. The molecule has 0 aliphatic carbocycles. The quantitative estimate of drug-likeness (QED) is 0.825. The lowest BCUT2D eigenvalue weighted by Gasteiger charge is -2.36. The zero-order valence-corrected chi connectivity index (χ0v) is 10.7. The molecular weight excluding hydrogens is 234 g/mol. The first-order valence-electron chi connectivity index (χ1n) is 6.13. The summed E-state index contributed by atoms with van der Waals surface area (Å²) < 4.78 is 12.0. The molecule has 3 rings (SSSR count). The molecule has 4 heteroatoms.